The van der Waals surface area contributed by atoms with Gasteiger partial charge in [0, 0.05) is 17.8 Å². The molecule has 0 aliphatic heterocycles. The molecule has 0 amide bonds. The second kappa shape index (κ2) is 4.91. The Kier molecular flexibility index (Phi) is 3.33. The molecule has 0 saturated heterocycles. The summed E-state index contributed by atoms with van der Waals surface area (Å²) in [5.74, 6) is 0.632. The molecule has 0 radical (unpaired) electrons. The zero-order valence-corrected chi connectivity index (χ0v) is 8.69. The van der Waals surface area contributed by atoms with Gasteiger partial charge in [0.25, 0.3) is 0 Å². The third-order valence-electron chi connectivity index (χ3n) is 2.73. The van der Waals surface area contributed by atoms with Crippen LogP contribution < -0.4 is 4.74 Å². The van der Waals surface area contributed by atoms with Gasteiger partial charge in [0.15, 0.2) is 6.29 Å². The Hall–Kier alpha value is -1.38. The molecule has 2 rings (SSSR count). The van der Waals surface area contributed by atoms with Crippen LogP contribution in [0.3, 0.4) is 0 Å². The third kappa shape index (κ3) is 2.78. The lowest BCUT2D eigenvalue weighted by molar-refractivity contribution is 0.112. The number of carbonyl (C=O) groups excluding carboxylic acids is 1. The summed E-state index contributed by atoms with van der Waals surface area (Å²) in [6.07, 6.45) is 8.70. The van der Waals surface area contributed by atoms with Crippen LogP contribution in [-0.4, -0.2) is 17.4 Å². The van der Waals surface area contributed by atoms with Crippen molar-refractivity contribution in [1.29, 1.82) is 0 Å². The monoisotopic (exact) mass is 205 g/mol. The Bertz CT molecular complexity index is 315. The minimum Gasteiger partial charge on any atom is -0.474 e. The molecule has 80 valence electrons. The fourth-order valence-electron chi connectivity index (χ4n) is 1.88. The lowest BCUT2D eigenvalue weighted by Gasteiger charge is -2.22. The van der Waals surface area contributed by atoms with Gasteiger partial charge in [0.05, 0.1) is 0 Å². The van der Waals surface area contributed by atoms with E-state index in [0.29, 0.717) is 17.5 Å². The summed E-state index contributed by atoms with van der Waals surface area (Å²) < 4.78 is 5.73. The van der Waals surface area contributed by atoms with E-state index in [1.54, 1.807) is 18.3 Å². The van der Waals surface area contributed by atoms with Crippen LogP contribution in [0, 0.1) is 0 Å². The van der Waals surface area contributed by atoms with Gasteiger partial charge in [-0.1, -0.05) is 6.42 Å². The van der Waals surface area contributed by atoms with Gasteiger partial charge in [-0.05, 0) is 31.7 Å². The van der Waals surface area contributed by atoms with Crippen LogP contribution in [0.1, 0.15) is 42.5 Å². The van der Waals surface area contributed by atoms with E-state index in [9.17, 15) is 4.79 Å². The van der Waals surface area contributed by atoms with Gasteiger partial charge in [-0.15, -0.1) is 0 Å². The van der Waals surface area contributed by atoms with Crippen LogP contribution in [-0.2, 0) is 0 Å². The van der Waals surface area contributed by atoms with Crippen molar-refractivity contribution < 1.29 is 9.53 Å². The maximum atomic E-state index is 10.4. The first-order valence-corrected chi connectivity index (χ1v) is 5.46. The van der Waals surface area contributed by atoms with E-state index in [0.717, 1.165) is 19.1 Å². The van der Waals surface area contributed by atoms with Crippen LogP contribution in [0.4, 0.5) is 0 Å². The predicted molar refractivity (Wildman–Crippen MR) is 57.1 cm³/mol. The molecule has 1 aliphatic rings. The van der Waals surface area contributed by atoms with E-state index in [4.69, 9.17) is 4.74 Å². The minimum atomic E-state index is 0.313. The molecule has 1 fully saturated rings. The first kappa shape index (κ1) is 10.1. The maximum absolute atomic E-state index is 10.4. The number of carbonyl (C=O) groups is 1. The first-order valence-electron chi connectivity index (χ1n) is 5.46. The van der Waals surface area contributed by atoms with Crippen molar-refractivity contribution in [2.24, 2.45) is 0 Å². The highest BCUT2D eigenvalue weighted by Gasteiger charge is 2.14. The molecule has 3 nitrogen and oxygen atoms in total. The van der Waals surface area contributed by atoms with Crippen molar-refractivity contribution >= 4 is 6.29 Å². The van der Waals surface area contributed by atoms with Crippen LogP contribution in [0.25, 0.3) is 0 Å². The standard InChI is InChI=1S/C12H15NO2/c14-9-10-6-7-12(13-8-10)15-11-4-2-1-3-5-11/h6-9,11H,1-5H2. The lowest BCUT2D eigenvalue weighted by atomic mass is 9.98. The Morgan fingerprint density at radius 2 is 2.07 bits per heavy atom. The van der Waals surface area contributed by atoms with Crippen molar-refractivity contribution in [3.8, 4) is 5.88 Å². The Morgan fingerprint density at radius 3 is 2.67 bits per heavy atom. The van der Waals surface area contributed by atoms with Crippen LogP contribution in [0.2, 0.25) is 0 Å². The van der Waals surface area contributed by atoms with Gasteiger partial charge in [-0.25, -0.2) is 4.98 Å². The second-order valence-corrected chi connectivity index (χ2v) is 3.93. The van der Waals surface area contributed by atoms with Crippen molar-refractivity contribution in [3.05, 3.63) is 23.9 Å². The molecule has 1 aromatic rings. The fourth-order valence-corrected chi connectivity index (χ4v) is 1.88. The Balaban J connectivity index is 1.94. The SMILES string of the molecule is O=Cc1ccc(OC2CCCCC2)nc1. The van der Waals surface area contributed by atoms with Crippen molar-refractivity contribution in [2.45, 2.75) is 38.2 Å². The highest BCUT2D eigenvalue weighted by molar-refractivity contribution is 5.73. The lowest BCUT2D eigenvalue weighted by Crippen LogP contribution is -2.20. The molecule has 1 saturated carbocycles. The van der Waals surface area contributed by atoms with Gasteiger partial charge in [0.1, 0.15) is 6.10 Å². The van der Waals surface area contributed by atoms with E-state index in [1.165, 1.54) is 19.3 Å². The molecular weight excluding hydrogens is 190 g/mol. The molecule has 15 heavy (non-hydrogen) atoms. The molecule has 0 atom stereocenters. The second-order valence-electron chi connectivity index (χ2n) is 3.93. The summed E-state index contributed by atoms with van der Waals surface area (Å²) in [5, 5.41) is 0. The van der Waals surface area contributed by atoms with Gasteiger partial charge in [0.2, 0.25) is 5.88 Å². The summed E-state index contributed by atoms with van der Waals surface area (Å²) in [4.78, 5) is 14.5. The van der Waals surface area contributed by atoms with Crippen LogP contribution >= 0.6 is 0 Å². The van der Waals surface area contributed by atoms with Gasteiger partial charge >= 0.3 is 0 Å². The van der Waals surface area contributed by atoms with E-state index in [2.05, 4.69) is 4.98 Å². The Morgan fingerprint density at radius 1 is 1.27 bits per heavy atom. The summed E-state index contributed by atoms with van der Waals surface area (Å²) in [5.41, 5.74) is 0.589. The first-order chi connectivity index (χ1) is 7.38. The highest BCUT2D eigenvalue weighted by Crippen LogP contribution is 2.21. The van der Waals surface area contributed by atoms with Gasteiger partial charge in [-0.3, -0.25) is 4.79 Å². The molecule has 1 aromatic heterocycles. The number of aromatic nitrogens is 1. The number of aldehydes is 1. The zero-order valence-electron chi connectivity index (χ0n) is 8.69. The van der Waals surface area contributed by atoms with Crippen LogP contribution in [0.15, 0.2) is 18.3 Å². The largest absolute Gasteiger partial charge is 0.474 e. The number of nitrogens with zero attached hydrogens (tertiary/aromatic N) is 1. The number of hydrogen-bond acceptors (Lipinski definition) is 3. The fraction of sp³-hybridized carbons (Fsp3) is 0.500. The third-order valence-corrected chi connectivity index (χ3v) is 2.73. The van der Waals surface area contributed by atoms with E-state index >= 15 is 0 Å². The van der Waals surface area contributed by atoms with Gasteiger partial charge < -0.3 is 4.74 Å². The molecule has 0 spiro atoms. The molecule has 1 heterocycles. The van der Waals surface area contributed by atoms with Crippen molar-refractivity contribution in [3.63, 3.8) is 0 Å². The Labute approximate surface area is 89.5 Å². The van der Waals surface area contributed by atoms with E-state index in [1.807, 2.05) is 0 Å². The number of rotatable bonds is 3. The van der Waals surface area contributed by atoms with Crippen molar-refractivity contribution in [1.82, 2.24) is 4.98 Å². The molecule has 1 aliphatic carbocycles. The summed E-state index contributed by atoms with van der Waals surface area (Å²) >= 11 is 0. The topological polar surface area (TPSA) is 39.2 Å². The molecule has 0 N–H and O–H groups in total. The quantitative estimate of drug-likeness (QED) is 0.712. The van der Waals surface area contributed by atoms with Gasteiger partial charge in [-0.2, -0.15) is 0 Å². The average Bonchev–Trinajstić information content (AvgIpc) is 2.31. The predicted octanol–water partition coefficient (Wildman–Crippen LogP) is 2.61. The highest BCUT2D eigenvalue weighted by atomic mass is 16.5. The zero-order chi connectivity index (χ0) is 10.5. The number of ether oxygens (including phenoxy) is 1. The van der Waals surface area contributed by atoms with Crippen molar-refractivity contribution in [2.75, 3.05) is 0 Å². The molecule has 0 unspecified atom stereocenters. The summed E-state index contributed by atoms with van der Waals surface area (Å²) in [6, 6.07) is 3.50. The van der Waals surface area contributed by atoms with E-state index < -0.39 is 0 Å². The summed E-state index contributed by atoms with van der Waals surface area (Å²) in [7, 11) is 0. The minimum absolute atomic E-state index is 0.313. The molecule has 0 bridgehead atoms. The molecule has 0 aromatic carbocycles. The van der Waals surface area contributed by atoms with Crippen LogP contribution in [0.5, 0.6) is 5.88 Å². The molecule has 3 heteroatoms. The average molecular weight is 205 g/mol. The summed E-state index contributed by atoms with van der Waals surface area (Å²) in [6.45, 7) is 0. The smallest absolute Gasteiger partial charge is 0.213 e. The maximum Gasteiger partial charge on any atom is 0.213 e. The number of hydrogen-bond donors (Lipinski definition) is 0. The number of pyridine rings is 1. The normalized spacial score (nSPS) is 17.3. The van der Waals surface area contributed by atoms with E-state index in [-0.39, 0.29) is 0 Å². The molecular formula is C12H15NO2.